The first-order valence-electron chi connectivity index (χ1n) is 5.42. The van der Waals surface area contributed by atoms with Crippen LogP contribution in [0, 0.1) is 5.92 Å². The molecule has 3 N–H and O–H groups in total. The zero-order valence-corrected chi connectivity index (χ0v) is 13.0. The van der Waals surface area contributed by atoms with Crippen LogP contribution in [-0.2, 0) is 4.79 Å². The first kappa shape index (κ1) is 14.7. The third-order valence-electron chi connectivity index (χ3n) is 2.27. The van der Waals surface area contributed by atoms with E-state index in [2.05, 4.69) is 37.2 Å². The maximum absolute atomic E-state index is 11.9. The van der Waals surface area contributed by atoms with Crippen LogP contribution in [0.4, 0.5) is 5.69 Å². The Bertz CT molecular complexity index is 387. The van der Waals surface area contributed by atoms with Crippen LogP contribution in [0.3, 0.4) is 0 Å². The summed E-state index contributed by atoms with van der Waals surface area (Å²) in [5.41, 5.74) is 6.54. The Morgan fingerprint density at radius 3 is 2.35 bits per heavy atom. The van der Waals surface area contributed by atoms with Gasteiger partial charge in [0.1, 0.15) is 0 Å². The number of anilines is 1. The Morgan fingerprint density at radius 2 is 1.88 bits per heavy atom. The van der Waals surface area contributed by atoms with Gasteiger partial charge in [-0.15, -0.1) is 0 Å². The van der Waals surface area contributed by atoms with Crippen LogP contribution < -0.4 is 11.1 Å². The van der Waals surface area contributed by atoms with E-state index in [4.69, 9.17) is 5.73 Å². The number of amides is 1. The van der Waals surface area contributed by atoms with E-state index in [0.29, 0.717) is 12.3 Å². The normalized spacial score (nSPS) is 12.6. The Kier molecular flexibility index (Phi) is 5.62. The van der Waals surface area contributed by atoms with Crippen molar-refractivity contribution < 1.29 is 4.79 Å². The molecule has 1 atom stereocenters. The van der Waals surface area contributed by atoms with Crippen LogP contribution in [-0.4, -0.2) is 11.9 Å². The molecule has 0 aliphatic carbocycles. The van der Waals surface area contributed by atoms with Crippen LogP contribution >= 0.6 is 31.9 Å². The smallest absolute Gasteiger partial charge is 0.241 e. The molecule has 3 nitrogen and oxygen atoms in total. The molecule has 0 unspecified atom stereocenters. The molecule has 0 aliphatic heterocycles. The molecule has 0 bridgehead atoms. The van der Waals surface area contributed by atoms with Gasteiger partial charge < -0.3 is 11.1 Å². The Morgan fingerprint density at radius 1 is 1.35 bits per heavy atom. The first-order chi connectivity index (χ1) is 7.91. The van der Waals surface area contributed by atoms with E-state index < -0.39 is 6.04 Å². The van der Waals surface area contributed by atoms with Crippen molar-refractivity contribution in [1.29, 1.82) is 0 Å². The predicted octanol–water partition coefficient (Wildman–Crippen LogP) is 3.52. The summed E-state index contributed by atoms with van der Waals surface area (Å²) in [5.74, 6) is 0.240. The molecule has 1 aromatic carbocycles. The van der Waals surface area contributed by atoms with Gasteiger partial charge in [0.2, 0.25) is 5.91 Å². The molecule has 17 heavy (non-hydrogen) atoms. The number of carbonyl (C=O) groups excluding carboxylic acids is 1. The highest BCUT2D eigenvalue weighted by Gasteiger charge is 2.17. The number of hydrogen-bond donors (Lipinski definition) is 2. The fourth-order valence-corrected chi connectivity index (χ4v) is 2.64. The summed E-state index contributed by atoms with van der Waals surface area (Å²) in [7, 11) is 0. The summed E-state index contributed by atoms with van der Waals surface area (Å²) in [6.45, 7) is 4.09. The monoisotopic (exact) mass is 362 g/mol. The number of carbonyl (C=O) groups is 1. The van der Waals surface area contributed by atoms with Gasteiger partial charge in [-0.1, -0.05) is 19.9 Å². The summed E-state index contributed by atoms with van der Waals surface area (Å²) in [6.07, 6.45) is 0.675. The number of nitrogens with one attached hydrogen (secondary N) is 1. The van der Waals surface area contributed by atoms with Gasteiger partial charge >= 0.3 is 0 Å². The number of rotatable bonds is 4. The van der Waals surface area contributed by atoms with Crippen molar-refractivity contribution in [3.05, 3.63) is 27.1 Å². The molecule has 0 heterocycles. The lowest BCUT2D eigenvalue weighted by Gasteiger charge is -2.15. The van der Waals surface area contributed by atoms with Crippen molar-refractivity contribution in [3.63, 3.8) is 0 Å². The van der Waals surface area contributed by atoms with Gasteiger partial charge in [0.25, 0.3) is 0 Å². The largest absolute Gasteiger partial charge is 0.323 e. The molecule has 0 radical (unpaired) electrons. The minimum Gasteiger partial charge on any atom is -0.323 e. The standard InChI is InChI=1S/C12H16Br2N2O/c1-7(2)6-10(15)12(17)16-11-8(13)4-3-5-9(11)14/h3-5,7,10H,6,15H2,1-2H3,(H,16,17)/t10-/m1/s1. The summed E-state index contributed by atoms with van der Waals surface area (Å²) >= 11 is 6.78. The van der Waals surface area contributed by atoms with Crippen molar-refractivity contribution in [2.24, 2.45) is 11.7 Å². The lowest BCUT2D eigenvalue weighted by Crippen LogP contribution is -2.36. The van der Waals surface area contributed by atoms with Gasteiger partial charge in [-0.05, 0) is 56.3 Å². The number of hydrogen-bond acceptors (Lipinski definition) is 2. The molecule has 1 rings (SSSR count). The van der Waals surface area contributed by atoms with Crippen LogP contribution in [0.1, 0.15) is 20.3 Å². The predicted molar refractivity (Wildman–Crippen MR) is 77.9 cm³/mol. The molecule has 0 aromatic heterocycles. The summed E-state index contributed by atoms with van der Waals surface area (Å²) in [4.78, 5) is 11.9. The van der Waals surface area contributed by atoms with Crippen molar-refractivity contribution in [3.8, 4) is 0 Å². The van der Waals surface area contributed by atoms with Gasteiger partial charge in [-0.25, -0.2) is 0 Å². The molecule has 0 saturated carbocycles. The summed E-state index contributed by atoms with van der Waals surface area (Å²) in [6, 6.07) is 5.15. The average Bonchev–Trinajstić information content (AvgIpc) is 2.22. The van der Waals surface area contributed by atoms with Crippen molar-refractivity contribution in [1.82, 2.24) is 0 Å². The summed E-state index contributed by atoms with van der Waals surface area (Å²) in [5, 5.41) is 2.83. The van der Waals surface area contributed by atoms with Crippen molar-refractivity contribution >= 4 is 43.5 Å². The van der Waals surface area contributed by atoms with Gasteiger partial charge in [-0.3, -0.25) is 4.79 Å². The third kappa shape index (κ3) is 4.41. The highest BCUT2D eigenvalue weighted by atomic mass is 79.9. The molecular formula is C12H16Br2N2O. The van der Waals surface area contributed by atoms with Gasteiger partial charge in [-0.2, -0.15) is 0 Å². The number of nitrogens with two attached hydrogens (primary N) is 1. The zero-order valence-electron chi connectivity index (χ0n) is 9.84. The molecule has 0 spiro atoms. The van der Waals surface area contributed by atoms with Gasteiger partial charge in [0, 0.05) is 8.95 Å². The number of halogens is 2. The molecule has 1 aromatic rings. The van der Waals surface area contributed by atoms with E-state index >= 15 is 0 Å². The maximum Gasteiger partial charge on any atom is 0.241 e. The second-order valence-corrected chi connectivity index (χ2v) is 6.03. The van der Waals surface area contributed by atoms with E-state index in [1.54, 1.807) is 0 Å². The van der Waals surface area contributed by atoms with E-state index in [-0.39, 0.29) is 5.91 Å². The van der Waals surface area contributed by atoms with Crippen LogP contribution in [0.2, 0.25) is 0 Å². The molecular weight excluding hydrogens is 348 g/mol. The molecule has 0 fully saturated rings. The molecule has 0 saturated heterocycles. The SMILES string of the molecule is CC(C)C[C@@H](N)C(=O)Nc1c(Br)cccc1Br. The van der Waals surface area contributed by atoms with E-state index in [1.165, 1.54) is 0 Å². The van der Waals surface area contributed by atoms with E-state index in [0.717, 1.165) is 14.6 Å². The first-order valence-corrected chi connectivity index (χ1v) is 7.01. The highest BCUT2D eigenvalue weighted by molar-refractivity contribution is 9.11. The van der Waals surface area contributed by atoms with Gasteiger partial charge in [0.05, 0.1) is 11.7 Å². The van der Waals surface area contributed by atoms with E-state index in [1.807, 2.05) is 32.0 Å². The quantitative estimate of drug-likeness (QED) is 0.859. The lowest BCUT2D eigenvalue weighted by atomic mass is 10.0. The van der Waals surface area contributed by atoms with Crippen LogP contribution in [0.5, 0.6) is 0 Å². The highest BCUT2D eigenvalue weighted by Crippen LogP contribution is 2.30. The third-order valence-corrected chi connectivity index (χ3v) is 3.59. The van der Waals surface area contributed by atoms with Crippen molar-refractivity contribution in [2.45, 2.75) is 26.3 Å². The molecule has 1 amide bonds. The lowest BCUT2D eigenvalue weighted by molar-refractivity contribution is -0.117. The zero-order chi connectivity index (χ0) is 13.0. The van der Waals surface area contributed by atoms with Gasteiger partial charge in [0.15, 0.2) is 0 Å². The molecule has 5 heteroatoms. The second kappa shape index (κ2) is 6.52. The Hall–Kier alpha value is -0.390. The van der Waals surface area contributed by atoms with Crippen LogP contribution in [0.25, 0.3) is 0 Å². The Balaban J connectivity index is 2.74. The Labute approximate surface area is 118 Å². The summed E-state index contributed by atoms with van der Waals surface area (Å²) < 4.78 is 1.66. The average molecular weight is 364 g/mol. The van der Waals surface area contributed by atoms with E-state index in [9.17, 15) is 4.79 Å². The second-order valence-electron chi connectivity index (χ2n) is 4.32. The van der Waals surface area contributed by atoms with Crippen LogP contribution in [0.15, 0.2) is 27.1 Å². The molecule has 0 aliphatic rings. The number of para-hydroxylation sites is 1. The fraction of sp³-hybridized carbons (Fsp3) is 0.417. The maximum atomic E-state index is 11.9. The topological polar surface area (TPSA) is 55.1 Å². The number of benzene rings is 1. The minimum atomic E-state index is -0.478. The fourth-order valence-electron chi connectivity index (χ4n) is 1.45. The molecule has 94 valence electrons. The minimum absolute atomic E-state index is 0.161. The van der Waals surface area contributed by atoms with Crippen molar-refractivity contribution in [2.75, 3.05) is 5.32 Å².